The highest BCUT2D eigenvalue weighted by molar-refractivity contribution is 8.00. The van der Waals surface area contributed by atoms with Crippen molar-refractivity contribution in [1.29, 1.82) is 0 Å². The average Bonchev–Trinajstić information content (AvgIpc) is 2.71. The van der Waals surface area contributed by atoms with Crippen LogP contribution in [0, 0.1) is 0 Å². The van der Waals surface area contributed by atoms with E-state index in [1.165, 1.54) is 11.8 Å². The Balaban J connectivity index is 1.51. The molecule has 0 spiro atoms. The van der Waals surface area contributed by atoms with Gasteiger partial charge in [-0.05, 0) is 36.4 Å². The SMILES string of the molecule is COc1ccc(SCC(=O)N2CCN(c3cccc(Cl)c3)CC2)cc1OC. The second-order valence-electron chi connectivity index (χ2n) is 6.15. The van der Waals surface area contributed by atoms with Crippen LogP contribution in [0.5, 0.6) is 11.5 Å². The van der Waals surface area contributed by atoms with Gasteiger partial charge in [-0.2, -0.15) is 0 Å². The van der Waals surface area contributed by atoms with Crippen molar-refractivity contribution in [3.8, 4) is 11.5 Å². The Kier molecular flexibility index (Phi) is 6.74. The van der Waals surface area contributed by atoms with E-state index >= 15 is 0 Å². The maximum atomic E-state index is 12.6. The Morgan fingerprint density at radius 2 is 1.78 bits per heavy atom. The third kappa shape index (κ3) is 5.02. The summed E-state index contributed by atoms with van der Waals surface area (Å²) in [6.07, 6.45) is 0. The number of halogens is 1. The van der Waals surface area contributed by atoms with Gasteiger partial charge < -0.3 is 19.3 Å². The van der Waals surface area contributed by atoms with Gasteiger partial charge in [-0.1, -0.05) is 17.7 Å². The lowest BCUT2D eigenvalue weighted by molar-refractivity contribution is -0.128. The maximum Gasteiger partial charge on any atom is 0.233 e. The first-order chi connectivity index (χ1) is 13.1. The van der Waals surface area contributed by atoms with E-state index < -0.39 is 0 Å². The van der Waals surface area contributed by atoms with Crippen molar-refractivity contribution >= 4 is 35.0 Å². The largest absolute Gasteiger partial charge is 0.493 e. The molecule has 0 saturated carbocycles. The summed E-state index contributed by atoms with van der Waals surface area (Å²) in [4.78, 5) is 17.7. The zero-order valence-electron chi connectivity index (χ0n) is 15.5. The number of ether oxygens (including phenoxy) is 2. The molecule has 5 nitrogen and oxygen atoms in total. The lowest BCUT2D eigenvalue weighted by Gasteiger charge is -2.36. The number of benzene rings is 2. The number of carbonyl (C=O) groups excluding carboxylic acids is 1. The molecule has 0 N–H and O–H groups in total. The van der Waals surface area contributed by atoms with Crippen molar-refractivity contribution in [1.82, 2.24) is 4.90 Å². The van der Waals surface area contributed by atoms with Crippen LogP contribution in [0.15, 0.2) is 47.4 Å². The number of rotatable bonds is 6. The number of piperazine rings is 1. The number of methoxy groups -OCH3 is 2. The fourth-order valence-electron chi connectivity index (χ4n) is 3.03. The Morgan fingerprint density at radius 3 is 2.44 bits per heavy atom. The van der Waals surface area contributed by atoms with Crippen LogP contribution in [-0.4, -0.2) is 57.0 Å². The third-order valence-corrected chi connectivity index (χ3v) is 5.74. The van der Waals surface area contributed by atoms with Gasteiger partial charge in [-0.3, -0.25) is 4.79 Å². The van der Waals surface area contributed by atoms with Crippen molar-refractivity contribution in [3.05, 3.63) is 47.5 Å². The van der Waals surface area contributed by atoms with E-state index in [1.54, 1.807) is 14.2 Å². The fraction of sp³-hybridized carbons (Fsp3) is 0.350. The molecule has 1 fully saturated rings. The van der Waals surface area contributed by atoms with E-state index in [0.29, 0.717) is 17.3 Å². The first kappa shape index (κ1) is 19.7. The minimum absolute atomic E-state index is 0.153. The molecule has 1 aliphatic heterocycles. The monoisotopic (exact) mass is 406 g/mol. The maximum absolute atomic E-state index is 12.6. The summed E-state index contributed by atoms with van der Waals surface area (Å²) >= 11 is 7.58. The molecule has 2 aromatic rings. The van der Waals surface area contributed by atoms with Gasteiger partial charge >= 0.3 is 0 Å². The van der Waals surface area contributed by atoms with Gasteiger partial charge in [0.15, 0.2) is 11.5 Å². The van der Waals surface area contributed by atoms with Crippen molar-refractivity contribution < 1.29 is 14.3 Å². The predicted octanol–water partition coefficient (Wildman–Crippen LogP) is 3.80. The highest BCUT2D eigenvalue weighted by Gasteiger charge is 2.21. The minimum atomic E-state index is 0.153. The van der Waals surface area contributed by atoms with Crippen molar-refractivity contribution in [2.24, 2.45) is 0 Å². The van der Waals surface area contributed by atoms with Crippen LogP contribution in [0.2, 0.25) is 5.02 Å². The van der Waals surface area contributed by atoms with Gasteiger partial charge in [0.2, 0.25) is 5.91 Å². The first-order valence-corrected chi connectivity index (χ1v) is 10.1. The molecule has 0 aliphatic carbocycles. The molecule has 0 unspecified atom stereocenters. The minimum Gasteiger partial charge on any atom is -0.493 e. The number of thioether (sulfide) groups is 1. The van der Waals surface area contributed by atoms with E-state index in [0.717, 1.165) is 41.8 Å². The Labute approximate surface area is 169 Å². The summed E-state index contributed by atoms with van der Waals surface area (Å²) in [6.45, 7) is 3.07. The third-order valence-electron chi connectivity index (χ3n) is 4.52. The fourth-order valence-corrected chi connectivity index (χ4v) is 4.04. The first-order valence-electron chi connectivity index (χ1n) is 8.74. The molecule has 7 heteroatoms. The molecule has 2 aromatic carbocycles. The molecule has 1 saturated heterocycles. The highest BCUT2D eigenvalue weighted by Crippen LogP contribution is 2.32. The lowest BCUT2D eigenvalue weighted by atomic mass is 10.2. The average molecular weight is 407 g/mol. The Hall–Kier alpha value is -2.05. The summed E-state index contributed by atoms with van der Waals surface area (Å²) in [5.74, 6) is 1.92. The van der Waals surface area contributed by atoms with Crippen LogP contribution in [0.3, 0.4) is 0 Å². The summed E-state index contributed by atoms with van der Waals surface area (Å²) in [5, 5.41) is 0.734. The number of hydrogen-bond donors (Lipinski definition) is 0. The lowest BCUT2D eigenvalue weighted by Crippen LogP contribution is -2.49. The second-order valence-corrected chi connectivity index (χ2v) is 7.64. The van der Waals surface area contributed by atoms with Crippen molar-refractivity contribution in [2.75, 3.05) is 51.1 Å². The van der Waals surface area contributed by atoms with Crippen LogP contribution in [0.25, 0.3) is 0 Å². The van der Waals surface area contributed by atoms with E-state index in [9.17, 15) is 4.79 Å². The van der Waals surface area contributed by atoms with Gasteiger partial charge in [0, 0.05) is 41.8 Å². The number of nitrogens with zero attached hydrogens (tertiary/aromatic N) is 2. The Bertz CT molecular complexity index is 795. The molecule has 3 rings (SSSR count). The zero-order chi connectivity index (χ0) is 19.2. The van der Waals surface area contributed by atoms with Crippen molar-refractivity contribution in [3.63, 3.8) is 0 Å². The molecular formula is C20H23ClN2O3S. The van der Waals surface area contributed by atoms with Gasteiger partial charge in [-0.15, -0.1) is 11.8 Å². The molecule has 144 valence electrons. The van der Waals surface area contributed by atoms with Gasteiger partial charge in [0.1, 0.15) is 0 Å². The van der Waals surface area contributed by atoms with Gasteiger partial charge in [0.25, 0.3) is 0 Å². The summed E-state index contributed by atoms with van der Waals surface area (Å²) in [5.41, 5.74) is 1.11. The van der Waals surface area contributed by atoms with Crippen LogP contribution < -0.4 is 14.4 Å². The number of carbonyl (C=O) groups is 1. The summed E-state index contributed by atoms with van der Waals surface area (Å²) < 4.78 is 10.6. The van der Waals surface area contributed by atoms with E-state index in [4.69, 9.17) is 21.1 Å². The number of amides is 1. The smallest absolute Gasteiger partial charge is 0.233 e. The number of hydrogen-bond acceptors (Lipinski definition) is 5. The summed E-state index contributed by atoms with van der Waals surface area (Å²) in [7, 11) is 3.22. The normalized spacial score (nSPS) is 14.2. The van der Waals surface area contributed by atoms with Crippen LogP contribution in [-0.2, 0) is 4.79 Å². The van der Waals surface area contributed by atoms with Crippen LogP contribution in [0.1, 0.15) is 0 Å². The predicted molar refractivity (Wildman–Crippen MR) is 111 cm³/mol. The molecule has 1 aliphatic rings. The summed E-state index contributed by atoms with van der Waals surface area (Å²) in [6, 6.07) is 13.5. The van der Waals surface area contributed by atoms with Crippen LogP contribution >= 0.6 is 23.4 Å². The molecule has 1 heterocycles. The van der Waals surface area contributed by atoms with E-state index in [-0.39, 0.29) is 5.91 Å². The molecular weight excluding hydrogens is 384 g/mol. The topological polar surface area (TPSA) is 42.0 Å². The standard InChI is InChI=1S/C20H23ClN2O3S/c1-25-18-7-6-17(13-19(18)26-2)27-14-20(24)23-10-8-22(9-11-23)16-5-3-4-15(21)12-16/h3-7,12-13H,8-11,14H2,1-2H3. The molecule has 0 atom stereocenters. The van der Waals surface area contributed by atoms with Gasteiger partial charge in [-0.25, -0.2) is 0 Å². The molecule has 27 heavy (non-hydrogen) atoms. The Morgan fingerprint density at radius 1 is 1.04 bits per heavy atom. The van der Waals surface area contributed by atoms with Crippen LogP contribution in [0.4, 0.5) is 5.69 Å². The molecule has 0 radical (unpaired) electrons. The van der Waals surface area contributed by atoms with E-state index in [2.05, 4.69) is 11.0 Å². The molecule has 0 aromatic heterocycles. The second kappa shape index (κ2) is 9.24. The highest BCUT2D eigenvalue weighted by atomic mass is 35.5. The quantitative estimate of drug-likeness (QED) is 0.682. The van der Waals surface area contributed by atoms with Gasteiger partial charge in [0.05, 0.1) is 20.0 Å². The molecule has 0 bridgehead atoms. The molecule has 1 amide bonds. The number of anilines is 1. The zero-order valence-corrected chi connectivity index (χ0v) is 17.1. The van der Waals surface area contributed by atoms with E-state index in [1.807, 2.05) is 41.3 Å². The van der Waals surface area contributed by atoms with Crippen molar-refractivity contribution in [2.45, 2.75) is 4.90 Å².